The number of hydrogen-bond donors (Lipinski definition) is 1. The average molecular weight is 338 g/mol. The van der Waals surface area contributed by atoms with E-state index in [9.17, 15) is 0 Å². The van der Waals surface area contributed by atoms with Gasteiger partial charge in [-0.2, -0.15) is 0 Å². The van der Waals surface area contributed by atoms with Crippen molar-refractivity contribution < 1.29 is 0 Å². The number of aromatic nitrogens is 2. The highest BCUT2D eigenvalue weighted by Crippen LogP contribution is 2.38. The summed E-state index contributed by atoms with van der Waals surface area (Å²) < 4.78 is 1.13. The maximum atomic E-state index is 4.69. The van der Waals surface area contributed by atoms with Crippen LogP contribution in [0, 0.1) is 0 Å². The molecule has 0 radical (unpaired) electrons. The molecule has 0 saturated carbocycles. The lowest BCUT2D eigenvalue weighted by molar-refractivity contribution is 1.12. The quantitative estimate of drug-likeness (QED) is 0.582. The summed E-state index contributed by atoms with van der Waals surface area (Å²) in [7, 11) is 0. The van der Waals surface area contributed by atoms with E-state index in [0.717, 1.165) is 22.3 Å². The first-order chi connectivity index (χ1) is 10.3. The van der Waals surface area contributed by atoms with Crippen LogP contribution in [0.25, 0.3) is 11.3 Å². The zero-order valence-corrected chi connectivity index (χ0v) is 12.8. The maximum absolute atomic E-state index is 4.69. The number of para-hydroxylation sites is 1. The number of anilines is 2. The highest BCUT2D eigenvalue weighted by Gasteiger charge is 2.22. The molecule has 3 aromatic rings. The molecule has 1 N–H and O–H groups in total. The van der Waals surface area contributed by atoms with Gasteiger partial charge in [0, 0.05) is 33.9 Å². The second-order valence-electron chi connectivity index (χ2n) is 5.00. The van der Waals surface area contributed by atoms with Crippen molar-refractivity contribution in [2.45, 2.75) is 6.42 Å². The lowest BCUT2D eigenvalue weighted by Gasteiger charge is -2.06. The summed E-state index contributed by atoms with van der Waals surface area (Å²) in [6.07, 6.45) is 2.80. The fourth-order valence-electron chi connectivity index (χ4n) is 2.63. The summed E-state index contributed by atoms with van der Waals surface area (Å²) in [6, 6.07) is 16.2. The van der Waals surface area contributed by atoms with Crippen LogP contribution in [-0.4, -0.2) is 9.97 Å². The molecule has 0 saturated heterocycles. The van der Waals surface area contributed by atoms with Gasteiger partial charge in [-0.15, -0.1) is 0 Å². The number of rotatable bonds is 2. The molecule has 4 heteroatoms. The van der Waals surface area contributed by atoms with Crippen molar-refractivity contribution in [3.63, 3.8) is 0 Å². The van der Waals surface area contributed by atoms with E-state index in [1.165, 1.54) is 16.7 Å². The molecule has 1 aliphatic rings. The fraction of sp³-hybridized carbons (Fsp3) is 0.0588. The molecule has 0 spiro atoms. The summed E-state index contributed by atoms with van der Waals surface area (Å²) in [4.78, 5) is 9.11. The molecule has 0 fully saturated rings. The summed E-state index contributed by atoms with van der Waals surface area (Å²) in [5.41, 5.74) is 5.68. The minimum Gasteiger partial charge on any atom is -0.324 e. The average Bonchev–Trinajstić information content (AvgIpc) is 2.88. The number of benzene rings is 2. The van der Waals surface area contributed by atoms with Gasteiger partial charge in [-0.05, 0) is 23.8 Å². The van der Waals surface area contributed by atoms with E-state index in [1.807, 2.05) is 42.6 Å². The summed E-state index contributed by atoms with van der Waals surface area (Å²) in [6.45, 7) is 0. The van der Waals surface area contributed by atoms with Gasteiger partial charge in [0.05, 0.1) is 5.69 Å². The van der Waals surface area contributed by atoms with Crippen LogP contribution in [0.2, 0.25) is 0 Å². The van der Waals surface area contributed by atoms with E-state index in [-0.39, 0.29) is 0 Å². The normalized spacial score (nSPS) is 11.9. The number of hydrogen-bond acceptors (Lipinski definition) is 3. The highest BCUT2D eigenvalue weighted by molar-refractivity contribution is 9.10. The van der Waals surface area contributed by atoms with E-state index in [0.29, 0.717) is 5.95 Å². The van der Waals surface area contributed by atoms with Gasteiger partial charge in [0.15, 0.2) is 0 Å². The Kier molecular flexibility index (Phi) is 2.97. The fourth-order valence-corrected chi connectivity index (χ4v) is 3.14. The van der Waals surface area contributed by atoms with E-state index >= 15 is 0 Å². The van der Waals surface area contributed by atoms with Gasteiger partial charge < -0.3 is 5.32 Å². The Morgan fingerprint density at radius 3 is 2.71 bits per heavy atom. The maximum Gasteiger partial charge on any atom is 0.227 e. The SMILES string of the molecule is Brc1cccc2c1Cc1cnc(Nc3ccccc3)nc1-2. The van der Waals surface area contributed by atoms with Crippen LogP contribution < -0.4 is 5.32 Å². The molecular formula is C17H12BrN3. The zero-order chi connectivity index (χ0) is 14.2. The molecule has 0 atom stereocenters. The molecule has 0 amide bonds. The van der Waals surface area contributed by atoms with Crippen LogP contribution in [0.1, 0.15) is 11.1 Å². The Labute approximate surface area is 131 Å². The molecule has 0 aliphatic heterocycles. The monoisotopic (exact) mass is 337 g/mol. The third kappa shape index (κ3) is 2.21. The van der Waals surface area contributed by atoms with E-state index in [1.54, 1.807) is 0 Å². The molecule has 1 heterocycles. The van der Waals surface area contributed by atoms with Crippen molar-refractivity contribution in [3.05, 3.63) is 70.3 Å². The van der Waals surface area contributed by atoms with Gasteiger partial charge in [-0.25, -0.2) is 9.97 Å². The smallest absolute Gasteiger partial charge is 0.227 e. The summed E-state index contributed by atoms with van der Waals surface area (Å²) in [5, 5.41) is 3.25. The minimum atomic E-state index is 0.632. The minimum absolute atomic E-state index is 0.632. The van der Waals surface area contributed by atoms with Crippen LogP contribution in [0.4, 0.5) is 11.6 Å². The Hall–Kier alpha value is -2.20. The third-order valence-electron chi connectivity index (χ3n) is 3.64. The van der Waals surface area contributed by atoms with Crippen molar-refractivity contribution in [2.24, 2.45) is 0 Å². The predicted octanol–water partition coefficient (Wildman–Crippen LogP) is 4.55. The van der Waals surface area contributed by atoms with Crippen molar-refractivity contribution >= 4 is 27.6 Å². The number of nitrogens with zero attached hydrogens (tertiary/aromatic N) is 2. The third-order valence-corrected chi connectivity index (χ3v) is 4.38. The summed E-state index contributed by atoms with van der Waals surface area (Å²) in [5.74, 6) is 0.632. The zero-order valence-electron chi connectivity index (χ0n) is 11.2. The summed E-state index contributed by atoms with van der Waals surface area (Å²) >= 11 is 3.61. The van der Waals surface area contributed by atoms with E-state index in [2.05, 4.69) is 43.3 Å². The molecule has 1 aliphatic carbocycles. The Balaban J connectivity index is 1.74. The molecule has 2 aromatic carbocycles. The second-order valence-corrected chi connectivity index (χ2v) is 5.86. The molecule has 1 aromatic heterocycles. The van der Waals surface area contributed by atoms with Crippen molar-refractivity contribution in [1.82, 2.24) is 9.97 Å². The number of halogens is 1. The van der Waals surface area contributed by atoms with Gasteiger partial charge in [0.2, 0.25) is 5.95 Å². The van der Waals surface area contributed by atoms with E-state index < -0.39 is 0 Å². The van der Waals surface area contributed by atoms with Crippen LogP contribution in [0.15, 0.2) is 59.2 Å². The van der Waals surface area contributed by atoms with Crippen LogP contribution in [-0.2, 0) is 6.42 Å². The Morgan fingerprint density at radius 2 is 1.86 bits per heavy atom. The Bertz CT molecular complexity index is 816. The first-order valence-electron chi connectivity index (χ1n) is 6.77. The molecule has 0 unspecified atom stereocenters. The van der Waals surface area contributed by atoms with E-state index in [4.69, 9.17) is 0 Å². The van der Waals surface area contributed by atoms with Crippen molar-refractivity contribution in [2.75, 3.05) is 5.32 Å². The van der Waals surface area contributed by atoms with Gasteiger partial charge in [-0.1, -0.05) is 46.3 Å². The lowest BCUT2D eigenvalue weighted by atomic mass is 10.1. The van der Waals surface area contributed by atoms with Gasteiger partial charge in [-0.3, -0.25) is 0 Å². The van der Waals surface area contributed by atoms with Crippen LogP contribution in [0.5, 0.6) is 0 Å². The number of fused-ring (bicyclic) bond motifs is 3. The van der Waals surface area contributed by atoms with Crippen LogP contribution >= 0.6 is 15.9 Å². The van der Waals surface area contributed by atoms with Crippen LogP contribution in [0.3, 0.4) is 0 Å². The standard InChI is InChI=1S/C17H12BrN3/c18-15-8-4-7-13-14(15)9-11-10-19-17(21-16(11)13)20-12-5-2-1-3-6-12/h1-8,10H,9H2,(H,19,20,21). The molecular weight excluding hydrogens is 326 g/mol. The molecule has 0 bridgehead atoms. The molecule has 3 nitrogen and oxygen atoms in total. The van der Waals surface area contributed by atoms with Gasteiger partial charge in [0.25, 0.3) is 0 Å². The van der Waals surface area contributed by atoms with Gasteiger partial charge in [0.1, 0.15) is 0 Å². The number of nitrogens with one attached hydrogen (secondary N) is 1. The second kappa shape index (κ2) is 4.97. The predicted molar refractivity (Wildman–Crippen MR) is 87.7 cm³/mol. The first kappa shape index (κ1) is 12.5. The highest BCUT2D eigenvalue weighted by atomic mass is 79.9. The topological polar surface area (TPSA) is 37.8 Å². The molecule has 102 valence electrons. The van der Waals surface area contributed by atoms with Crippen molar-refractivity contribution in [3.8, 4) is 11.3 Å². The van der Waals surface area contributed by atoms with Crippen molar-refractivity contribution in [1.29, 1.82) is 0 Å². The largest absolute Gasteiger partial charge is 0.324 e. The molecule has 21 heavy (non-hydrogen) atoms. The first-order valence-corrected chi connectivity index (χ1v) is 7.56. The lowest BCUT2D eigenvalue weighted by Crippen LogP contribution is -1.98. The Morgan fingerprint density at radius 1 is 1.00 bits per heavy atom. The van der Waals surface area contributed by atoms with Gasteiger partial charge >= 0.3 is 0 Å². The molecule has 4 rings (SSSR count).